The number of benzene rings is 3. The number of hydrogen-bond donors (Lipinski definition) is 0. The summed E-state index contributed by atoms with van der Waals surface area (Å²) in [6.45, 7) is 6.48. The van der Waals surface area contributed by atoms with Gasteiger partial charge in [0.05, 0.1) is 4.83 Å². The molecule has 39 heavy (non-hydrogen) atoms. The standard InChI is InChI=1S/C34H35BrO2S2/c1-23(2)19-32(35)34(37)27-12-16-30(17-13-27)39-31-21-25(22-31)20-24(3)9-18-33(36)26-10-14-29(15-11-26)38-28-7-5-4-6-8-28/h4-8,10-17,21-24,32H,9,18-20H2,1-3H3. The fourth-order valence-corrected chi connectivity index (χ4v) is 7.23. The van der Waals surface area contributed by atoms with Gasteiger partial charge in [0.1, 0.15) is 0 Å². The lowest BCUT2D eigenvalue weighted by Gasteiger charge is -2.19. The van der Waals surface area contributed by atoms with Crippen LogP contribution < -0.4 is 0 Å². The maximum Gasteiger partial charge on any atom is 0.176 e. The molecular weight excluding hydrogens is 584 g/mol. The molecule has 0 N–H and O–H groups in total. The summed E-state index contributed by atoms with van der Waals surface area (Å²) >= 11 is 6.97. The number of allylic oxidation sites excluding steroid dienone is 3. The van der Waals surface area contributed by atoms with Crippen molar-refractivity contribution in [3.63, 3.8) is 0 Å². The van der Waals surface area contributed by atoms with Crippen LogP contribution in [-0.4, -0.2) is 16.4 Å². The molecule has 2 nitrogen and oxygen atoms in total. The Labute approximate surface area is 249 Å². The number of carbonyl (C=O) groups is 2. The molecule has 5 heteroatoms. The maximum atomic E-state index is 12.7. The Morgan fingerprint density at radius 3 is 1.92 bits per heavy atom. The Bertz CT molecular complexity index is 1330. The van der Waals surface area contributed by atoms with Gasteiger partial charge in [0.25, 0.3) is 0 Å². The third-order valence-corrected chi connectivity index (χ3v) is 9.38. The number of Topliss-reactive ketones (excluding diaryl/α,β-unsaturated/α-hetero) is 2. The molecule has 0 spiro atoms. The minimum atomic E-state index is -0.127. The number of carbonyl (C=O) groups excluding carboxylic acids is 2. The van der Waals surface area contributed by atoms with Gasteiger partial charge in [0, 0.05) is 37.1 Å². The average Bonchev–Trinajstić information content (AvgIpc) is 2.91. The highest BCUT2D eigenvalue weighted by atomic mass is 79.9. The smallest absolute Gasteiger partial charge is 0.176 e. The van der Waals surface area contributed by atoms with Crippen LogP contribution in [0.25, 0.3) is 0 Å². The molecule has 0 saturated heterocycles. The van der Waals surface area contributed by atoms with E-state index in [-0.39, 0.29) is 16.4 Å². The van der Waals surface area contributed by atoms with Crippen LogP contribution in [0, 0.1) is 11.8 Å². The Hall–Kier alpha value is -2.34. The lowest BCUT2D eigenvalue weighted by atomic mass is 9.91. The summed E-state index contributed by atoms with van der Waals surface area (Å²) < 4.78 is 0. The first-order valence-electron chi connectivity index (χ1n) is 13.5. The monoisotopic (exact) mass is 618 g/mol. The summed E-state index contributed by atoms with van der Waals surface area (Å²) in [6, 6.07) is 26.2. The molecule has 0 heterocycles. The van der Waals surface area contributed by atoms with Crippen LogP contribution in [0.3, 0.4) is 0 Å². The van der Waals surface area contributed by atoms with Crippen LogP contribution in [-0.2, 0) is 0 Å². The second-order valence-electron chi connectivity index (χ2n) is 10.6. The van der Waals surface area contributed by atoms with E-state index >= 15 is 0 Å². The van der Waals surface area contributed by atoms with E-state index in [4.69, 9.17) is 0 Å². The number of rotatable bonds is 14. The van der Waals surface area contributed by atoms with Crippen LogP contribution >= 0.6 is 39.5 Å². The van der Waals surface area contributed by atoms with Gasteiger partial charge in [-0.3, -0.25) is 9.59 Å². The van der Waals surface area contributed by atoms with Gasteiger partial charge in [0.15, 0.2) is 11.6 Å². The Morgan fingerprint density at radius 1 is 0.744 bits per heavy atom. The summed E-state index contributed by atoms with van der Waals surface area (Å²) in [5.41, 5.74) is 2.88. The van der Waals surface area contributed by atoms with Crippen molar-refractivity contribution in [2.45, 2.75) is 66.0 Å². The van der Waals surface area contributed by atoms with Crippen molar-refractivity contribution in [2.24, 2.45) is 11.8 Å². The molecular formula is C34H35BrO2S2. The van der Waals surface area contributed by atoms with Gasteiger partial charge in [0.2, 0.25) is 0 Å². The quantitative estimate of drug-likeness (QED) is 0.133. The van der Waals surface area contributed by atoms with Gasteiger partial charge in [-0.25, -0.2) is 0 Å². The molecule has 0 aliphatic heterocycles. The van der Waals surface area contributed by atoms with Crippen molar-refractivity contribution in [1.29, 1.82) is 0 Å². The fraction of sp³-hybridized carbons (Fsp3) is 0.294. The predicted molar refractivity (Wildman–Crippen MR) is 169 cm³/mol. The van der Waals surface area contributed by atoms with Crippen LogP contribution in [0.5, 0.6) is 0 Å². The molecule has 1 aliphatic carbocycles. The minimum Gasteiger partial charge on any atom is -0.294 e. The lowest BCUT2D eigenvalue weighted by molar-refractivity contribution is 0.0970. The topological polar surface area (TPSA) is 34.1 Å². The van der Waals surface area contributed by atoms with Crippen molar-refractivity contribution in [1.82, 2.24) is 0 Å². The number of halogens is 1. The molecule has 3 aromatic carbocycles. The van der Waals surface area contributed by atoms with Crippen LogP contribution in [0.15, 0.2) is 116 Å². The largest absolute Gasteiger partial charge is 0.294 e. The Morgan fingerprint density at radius 2 is 1.31 bits per heavy atom. The SMILES string of the molecule is CC(C)CC(Br)C(=O)c1ccc(SC2=CC(CC(C)CCC(=O)c3ccc(Sc4ccccc4)cc3)=C2)cc1. The van der Waals surface area contributed by atoms with E-state index in [2.05, 4.69) is 61.0 Å². The van der Waals surface area contributed by atoms with Crippen molar-refractivity contribution < 1.29 is 9.59 Å². The molecule has 202 valence electrons. The molecule has 3 aromatic rings. The number of thioether (sulfide) groups is 1. The van der Waals surface area contributed by atoms with E-state index in [9.17, 15) is 9.59 Å². The van der Waals surface area contributed by atoms with Gasteiger partial charge < -0.3 is 0 Å². The van der Waals surface area contributed by atoms with Crippen LogP contribution in [0.4, 0.5) is 0 Å². The third-order valence-electron chi connectivity index (χ3n) is 6.60. The zero-order chi connectivity index (χ0) is 27.8. The summed E-state index contributed by atoms with van der Waals surface area (Å²) in [6.07, 6.45) is 7.75. The molecule has 2 unspecified atom stereocenters. The van der Waals surface area contributed by atoms with Crippen molar-refractivity contribution in [2.75, 3.05) is 0 Å². The van der Waals surface area contributed by atoms with E-state index in [0.29, 0.717) is 18.3 Å². The molecule has 0 radical (unpaired) electrons. The molecule has 4 rings (SSSR count). The van der Waals surface area contributed by atoms with Gasteiger partial charge in [-0.1, -0.05) is 103 Å². The summed E-state index contributed by atoms with van der Waals surface area (Å²) in [5.74, 6) is 1.29. The minimum absolute atomic E-state index is 0.127. The van der Waals surface area contributed by atoms with E-state index in [1.165, 1.54) is 15.4 Å². The van der Waals surface area contributed by atoms with Crippen LogP contribution in [0.1, 0.15) is 67.2 Å². The normalized spacial score (nSPS) is 14.3. The van der Waals surface area contributed by atoms with Crippen LogP contribution in [0.2, 0.25) is 0 Å². The van der Waals surface area contributed by atoms with Gasteiger partial charge in [-0.05, 0) is 85.2 Å². The maximum absolute atomic E-state index is 12.7. The molecule has 0 aromatic heterocycles. The molecule has 0 amide bonds. The van der Waals surface area contributed by atoms with Crippen molar-refractivity contribution in [3.8, 4) is 0 Å². The fourth-order valence-electron chi connectivity index (χ4n) is 4.41. The first-order chi connectivity index (χ1) is 18.8. The highest BCUT2D eigenvalue weighted by Gasteiger charge is 2.19. The van der Waals surface area contributed by atoms with Crippen molar-refractivity contribution >= 4 is 51.0 Å². The van der Waals surface area contributed by atoms with Gasteiger partial charge >= 0.3 is 0 Å². The zero-order valence-corrected chi connectivity index (χ0v) is 26.0. The highest BCUT2D eigenvalue weighted by molar-refractivity contribution is 9.10. The Balaban J connectivity index is 1.17. The van der Waals surface area contributed by atoms with E-state index in [1.54, 1.807) is 23.5 Å². The van der Waals surface area contributed by atoms with Crippen molar-refractivity contribution in [3.05, 3.63) is 113 Å². The first kappa shape index (κ1) is 29.6. The summed E-state index contributed by atoms with van der Waals surface area (Å²) in [4.78, 5) is 29.9. The second kappa shape index (κ2) is 14.3. The summed E-state index contributed by atoms with van der Waals surface area (Å²) in [5, 5.41) is 0. The highest BCUT2D eigenvalue weighted by Crippen LogP contribution is 2.37. The van der Waals surface area contributed by atoms with E-state index < -0.39 is 0 Å². The second-order valence-corrected chi connectivity index (χ2v) is 14.0. The summed E-state index contributed by atoms with van der Waals surface area (Å²) in [7, 11) is 0. The van der Waals surface area contributed by atoms with Gasteiger partial charge in [-0.15, -0.1) is 0 Å². The third kappa shape index (κ3) is 9.09. The lowest BCUT2D eigenvalue weighted by Crippen LogP contribution is -2.16. The molecule has 0 saturated carbocycles. The average molecular weight is 620 g/mol. The first-order valence-corrected chi connectivity index (χ1v) is 16.1. The van der Waals surface area contributed by atoms with E-state index in [0.717, 1.165) is 40.2 Å². The molecule has 0 bridgehead atoms. The molecule has 2 atom stereocenters. The van der Waals surface area contributed by atoms with E-state index in [1.807, 2.05) is 66.7 Å². The molecule has 1 aliphatic rings. The predicted octanol–water partition coefficient (Wildman–Crippen LogP) is 10.4. The number of ketones is 2. The zero-order valence-electron chi connectivity index (χ0n) is 22.7. The number of alkyl halides is 1. The molecule has 0 fully saturated rings. The number of hydrogen-bond acceptors (Lipinski definition) is 4. The Kier molecular flexibility index (Phi) is 10.9. The van der Waals surface area contributed by atoms with Gasteiger partial charge in [-0.2, -0.15) is 0 Å².